The van der Waals surface area contributed by atoms with Crippen LogP contribution in [0.5, 0.6) is 5.75 Å². The molecular formula is C27H30FN3O3S. The van der Waals surface area contributed by atoms with Gasteiger partial charge in [-0.25, -0.2) is 9.37 Å². The summed E-state index contributed by atoms with van der Waals surface area (Å²) >= 11 is 1.37. The minimum Gasteiger partial charge on any atom is -0.486 e. The maximum absolute atomic E-state index is 14.2. The lowest BCUT2D eigenvalue weighted by atomic mass is 9.87. The molecule has 1 aromatic heterocycles. The van der Waals surface area contributed by atoms with Crippen molar-refractivity contribution in [1.82, 2.24) is 15.2 Å². The van der Waals surface area contributed by atoms with Gasteiger partial charge in [0, 0.05) is 24.9 Å². The number of benzene rings is 2. The van der Waals surface area contributed by atoms with Gasteiger partial charge in [-0.15, -0.1) is 11.3 Å². The van der Waals surface area contributed by atoms with Crippen LogP contribution in [0.4, 0.5) is 4.39 Å². The number of nitrogens with zero attached hydrogens (tertiary/aromatic N) is 2. The highest BCUT2D eigenvalue weighted by Crippen LogP contribution is 2.38. The summed E-state index contributed by atoms with van der Waals surface area (Å²) in [6, 6.07) is 11.9. The smallest absolute Gasteiger partial charge is 0.270 e. The van der Waals surface area contributed by atoms with Crippen molar-refractivity contribution in [1.29, 1.82) is 0 Å². The molecule has 8 heteroatoms. The van der Waals surface area contributed by atoms with Crippen LogP contribution < -0.4 is 10.1 Å². The molecule has 1 atom stereocenters. The Morgan fingerprint density at radius 1 is 1.26 bits per heavy atom. The van der Waals surface area contributed by atoms with Gasteiger partial charge < -0.3 is 15.0 Å². The van der Waals surface area contributed by atoms with E-state index in [-0.39, 0.29) is 36.2 Å². The molecular weight excluding hydrogens is 465 g/mol. The third kappa shape index (κ3) is 5.88. The molecule has 1 unspecified atom stereocenters. The molecule has 0 aliphatic carbocycles. The predicted molar refractivity (Wildman–Crippen MR) is 134 cm³/mol. The molecule has 0 radical (unpaired) electrons. The molecule has 0 bridgehead atoms. The SMILES string of the molecule is CCNC(=O)c1csc(COc2ccc3c(c2)C(c2cccc(F)c2)N(C(=O)CC(C)C)CC3)n1. The average Bonchev–Trinajstić information content (AvgIpc) is 3.31. The Balaban J connectivity index is 1.60. The van der Waals surface area contributed by atoms with E-state index in [9.17, 15) is 14.0 Å². The molecule has 0 spiro atoms. The highest BCUT2D eigenvalue weighted by atomic mass is 32.1. The van der Waals surface area contributed by atoms with Gasteiger partial charge in [0.25, 0.3) is 5.91 Å². The van der Waals surface area contributed by atoms with E-state index in [1.807, 2.05) is 49.9 Å². The minimum absolute atomic E-state index is 0.0619. The van der Waals surface area contributed by atoms with Crippen molar-refractivity contribution in [2.24, 2.45) is 5.92 Å². The Labute approximate surface area is 209 Å². The lowest BCUT2D eigenvalue weighted by Gasteiger charge is -2.38. The number of nitrogens with one attached hydrogen (secondary N) is 1. The maximum atomic E-state index is 14.2. The van der Waals surface area contributed by atoms with E-state index in [4.69, 9.17) is 4.74 Å². The number of ether oxygens (including phenoxy) is 1. The number of halogens is 1. The normalized spacial score (nSPS) is 15.1. The molecule has 0 fully saturated rings. The van der Waals surface area contributed by atoms with E-state index in [0.29, 0.717) is 36.0 Å². The zero-order valence-electron chi connectivity index (χ0n) is 20.2. The van der Waals surface area contributed by atoms with Gasteiger partial charge in [0.05, 0.1) is 6.04 Å². The van der Waals surface area contributed by atoms with Crippen LogP contribution in [0.3, 0.4) is 0 Å². The van der Waals surface area contributed by atoms with E-state index in [1.54, 1.807) is 11.4 Å². The first-order valence-electron chi connectivity index (χ1n) is 11.9. The molecule has 2 heterocycles. The molecule has 1 aliphatic heterocycles. The molecule has 3 aromatic rings. The molecule has 0 saturated heterocycles. The van der Waals surface area contributed by atoms with Crippen LogP contribution in [0.1, 0.15) is 65.4 Å². The predicted octanol–water partition coefficient (Wildman–Crippen LogP) is 5.13. The van der Waals surface area contributed by atoms with Crippen LogP contribution in [0.15, 0.2) is 47.8 Å². The number of carbonyl (C=O) groups is 2. The average molecular weight is 496 g/mol. The number of hydrogen-bond donors (Lipinski definition) is 1. The van der Waals surface area contributed by atoms with Gasteiger partial charge in [0.15, 0.2) is 0 Å². The molecule has 1 N–H and O–H groups in total. The van der Waals surface area contributed by atoms with Gasteiger partial charge in [-0.05, 0) is 60.2 Å². The van der Waals surface area contributed by atoms with Crippen molar-refractivity contribution >= 4 is 23.2 Å². The van der Waals surface area contributed by atoms with Crippen molar-refractivity contribution in [3.63, 3.8) is 0 Å². The zero-order valence-corrected chi connectivity index (χ0v) is 21.0. The van der Waals surface area contributed by atoms with Gasteiger partial charge >= 0.3 is 0 Å². The summed E-state index contributed by atoms with van der Waals surface area (Å²) in [5.74, 6) is 0.400. The van der Waals surface area contributed by atoms with Gasteiger partial charge in [-0.3, -0.25) is 9.59 Å². The van der Waals surface area contributed by atoms with E-state index < -0.39 is 0 Å². The van der Waals surface area contributed by atoms with Crippen LogP contribution in [0, 0.1) is 11.7 Å². The van der Waals surface area contributed by atoms with Crippen LogP contribution in [0.25, 0.3) is 0 Å². The number of aromatic nitrogens is 1. The Kier molecular flexibility index (Phi) is 7.80. The molecule has 2 amide bonds. The number of amides is 2. The highest BCUT2D eigenvalue weighted by molar-refractivity contribution is 7.09. The second kappa shape index (κ2) is 11.0. The summed E-state index contributed by atoms with van der Waals surface area (Å²) in [6.07, 6.45) is 1.17. The van der Waals surface area contributed by atoms with Crippen molar-refractivity contribution in [2.75, 3.05) is 13.1 Å². The standard InChI is InChI=1S/C27H30FN3O3S/c1-4-29-27(33)23-16-35-24(30-23)15-34-21-9-8-18-10-11-31(25(32)12-17(2)3)26(22(18)14-21)19-6-5-7-20(28)13-19/h5-9,13-14,16-17,26H,4,10-12,15H2,1-3H3,(H,29,33). The number of rotatable bonds is 8. The lowest BCUT2D eigenvalue weighted by molar-refractivity contribution is -0.134. The molecule has 6 nitrogen and oxygen atoms in total. The third-order valence-electron chi connectivity index (χ3n) is 5.90. The number of fused-ring (bicyclic) bond motifs is 1. The van der Waals surface area contributed by atoms with E-state index in [2.05, 4.69) is 10.3 Å². The van der Waals surface area contributed by atoms with Gasteiger partial charge in [0.1, 0.15) is 28.9 Å². The monoisotopic (exact) mass is 495 g/mol. The summed E-state index contributed by atoms with van der Waals surface area (Å²) in [7, 11) is 0. The van der Waals surface area contributed by atoms with Gasteiger partial charge in [-0.2, -0.15) is 0 Å². The Morgan fingerprint density at radius 3 is 2.83 bits per heavy atom. The molecule has 0 saturated carbocycles. The number of hydrogen-bond acceptors (Lipinski definition) is 5. The number of thiazole rings is 1. The summed E-state index contributed by atoms with van der Waals surface area (Å²) < 4.78 is 20.2. The first-order chi connectivity index (χ1) is 16.9. The van der Waals surface area contributed by atoms with Crippen LogP contribution in [0.2, 0.25) is 0 Å². The van der Waals surface area contributed by atoms with Crippen LogP contribution >= 0.6 is 11.3 Å². The quantitative estimate of drug-likeness (QED) is 0.470. The second-order valence-corrected chi connectivity index (χ2v) is 9.97. The van der Waals surface area contributed by atoms with E-state index in [1.165, 1.54) is 23.5 Å². The second-order valence-electron chi connectivity index (χ2n) is 9.03. The van der Waals surface area contributed by atoms with E-state index >= 15 is 0 Å². The van der Waals surface area contributed by atoms with Crippen molar-refractivity contribution in [3.8, 4) is 5.75 Å². The molecule has 35 heavy (non-hydrogen) atoms. The fourth-order valence-corrected chi connectivity index (χ4v) is 5.02. The van der Waals surface area contributed by atoms with Crippen LogP contribution in [-0.2, 0) is 17.8 Å². The summed E-state index contributed by atoms with van der Waals surface area (Å²) in [4.78, 5) is 31.3. The minimum atomic E-state index is -0.381. The first-order valence-corrected chi connectivity index (χ1v) is 12.8. The molecule has 4 rings (SSSR count). The van der Waals surface area contributed by atoms with Crippen LogP contribution in [-0.4, -0.2) is 34.8 Å². The topological polar surface area (TPSA) is 71.5 Å². The summed E-state index contributed by atoms with van der Waals surface area (Å²) in [5, 5.41) is 5.15. The maximum Gasteiger partial charge on any atom is 0.270 e. The highest BCUT2D eigenvalue weighted by Gasteiger charge is 2.32. The third-order valence-corrected chi connectivity index (χ3v) is 6.72. The van der Waals surface area contributed by atoms with Crippen molar-refractivity contribution in [3.05, 3.63) is 81.1 Å². The summed E-state index contributed by atoms with van der Waals surface area (Å²) in [5.41, 5.74) is 3.18. The van der Waals surface area contributed by atoms with E-state index in [0.717, 1.165) is 23.1 Å². The van der Waals surface area contributed by atoms with Crippen molar-refractivity contribution in [2.45, 2.75) is 46.3 Å². The largest absolute Gasteiger partial charge is 0.486 e. The molecule has 1 aliphatic rings. The number of carbonyl (C=O) groups excluding carboxylic acids is 2. The molecule has 2 aromatic carbocycles. The van der Waals surface area contributed by atoms with Gasteiger partial charge in [0.2, 0.25) is 5.91 Å². The lowest BCUT2D eigenvalue weighted by Crippen LogP contribution is -2.41. The fourth-order valence-electron chi connectivity index (χ4n) is 4.33. The zero-order chi connectivity index (χ0) is 24.9. The summed E-state index contributed by atoms with van der Waals surface area (Å²) in [6.45, 7) is 7.26. The van der Waals surface area contributed by atoms with Crippen molar-refractivity contribution < 1.29 is 18.7 Å². The molecule has 184 valence electrons. The first kappa shape index (κ1) is 24.9. The Morgan fingerprint density at radius 2 is 2.09 bits per heavy atom. The Hall–Kier alpha value is -3.26. The Bertz CT molecular complexity index is 1210. The fraction of sp³-hybridized carbons (Fsp3) is 0.370. The van der Waals surface area contributed by atoms with Gasteiger partial charge in [-0.1, -0.05) is 32.0 Å².